The van der Waals surface area contributed by atoms with Crippen molar-refractivity contribution in [1.82, 2.24) is 10.2 Å². The Labute approximate surface area is 69.0 Å². The molecule has 1 heterocycles. The van der Waals surface area contributed by atoms with E-state index in [1.807, 2.05) is 0 Å². The second-order valence-electron chi connectivity index (χ2n) is 4.07. The number of likely N-dealkylation sites (N-methyl/N-ethyl adjacent to an activating group) is 1. The van der Waals surface area contributed by atoms with Gasteiger partial charge in [-0.25, -0.2) is 0 Å². The lowest BCUT2D eigenvalue weighted by molar-refractivity contribution is 0.131. The summed E-state index contributed by atoms with van der Waals surface area (Å²) in [4.78, 5) is 2.51. The van der Waals surface area contributed by atoms with Crippen LogP contribution in [0.2, 0.25) is 0 Å². The fourth-order valence-electron chi connectivity index (χ4n) is 2.53. The van der Waals surface area contributed by atoms with Crippen molar-refractivity contribution in [1.29, 1.82) is 0 Å². The highest BCUT2D eigenvalue weighted by Gasteiger charge is 2.38. The maximum absolute atomic E-state index is 3.46. The van der Waals surface area contributed by atoms with E-state index in [4.69, 9.17) is 0 Å². The molecule has 0 aromatic heterocycles. The Balaban J connectivity index is 2.06. The molecule has 1 aliphatic carbocycles. The monoisotopic (exact) mass is 154 g/mol. The molecule has 64 valence electrons. The molecular weight excluding hydrogens is 136 g/mol. The van der Waals surface area contributed by atoms with Crippen LogP contribution in [-0.2, 0) is 0 Å². The average Bonchev–Trinajstić information content (AvgIpc) is 2.36. The highest BCUT2D eigenvalue weighted by molar-refractivity contribution is 4.97. The van der Waals surface area contributed by atoms with Crippen LogP contribution < -0.4 is 5.32 Å². The van der Waals surface area contributed by atoms with Gasteiger partial charge in [0.2, 0.25) is 0 Å². The summed E-state index contributed by atoms with van der Waals surface area (Å²) in [7, 11) is 2.26. The van der Waals surface area contributed by atoms with E-state index >= 15 is 0 Å². The SMILES string of the molecule is CN1CNCC12CCCCC2. The van der Waals surface area contributed by atoms with Gasteiger partial charge in [-0.3, -0.25) is 4.90 Å². The summed E-state index contributed by atoms with van der Waals surface area (Å²) >= 11 is 0. The second-order valence-corrected chi connectivity index (χ2v) is 4.07. The van der Waals surface area contributed by atoms with Crippen molar-refractivity contribution in [2.24, 2.45) is 0 Å². The zero-order valence-corrected chi connectivity index (χ0v) is 7.40. The lowest BCUT2D eigenvalue weighted by atomic mass is 9.81. The molecule has 2 heteroatoms. The molecule has 1 spiro atoms. The number of rotatable bonds is 0. The van der Waals surface area contributed by atoms with Gasteiger partial charge in [0, 0.05) is 18.8 Å². The topological polar surface area (TPSA) is 15.3 Å². The van der Waals surface area contributed by atoms with Gasteiger partial charge in [-0.15, -0.1) is 0 Å². The third kappa shape index (κ3) is 1.18. The van der Waals surface area contributed by atoms with Gasteiger partial charge in [-0.05, 0) is 19.9 Å². The van der Waals surface area contributed by atoms with Crippen molar-refractivity contribution in [3.8, 4) is 0 Å². The van der Waals surface area contributed by atoms with Gasteiger partial charge in [-0.2, -0.15) is 0 Å². The normalized spacial score (nSPS) is 31.4. The van der Waals surface area contributed by atoms with Crippen LogP contribution in [0.1, 0.15) is 32.1 Å². The molecule has 2 fully saturated rings. The fraction of sp³-hybridized carbons (Fsp3) is 1.00. The lowest BCUT2D eigenvalue weighted by Gasteiger charge is -2.38. The minimum atomic E-state index is 0.554. The standard InChI is InChI=1S/C9H18N2/c1-11-8-10-7-9(11)5-3-2-4-6-9/h10H,2-8H2,1H3. The van der Waals surface area contributed by atoms with Crippen molar-refractivity contribution >= 4 is 0 Å². The molecule has 0 amide bonds. The number of nitrogens with one attached hydrogen (secondary N) is 1. The van der Waals surface area contributed by atoms with Gasteiger partial charge >= 0.3 is 0 Å². The van der Waals surface area contributed by atoms with Gasteiger partial charge in [0.05, 0.1) is 0 Å². The van der Waals surface area contributed by atoms with Crippen LogP contribution >= 0.6 is 0 Å². The Kier molecular flexibility index (Phi) is 1.90. The molecular formula is C9H18N2. The first-order valence-corrected chi connectivity index (χ1v) is 4.75. The van der Waals surface area contributed by atoms with E-state index in [1.165, 1.54) is 38.6 Å². The molecule has 2 nitrogen and oxygen atoms in total. The predicted octanol–water partition coefficient (Wildman–Crippen LogP) is 1.18. The highest BCUT2D eigenvalue weighted by Crippen LogP contribution is 2.34. The van der Waals surface area contributed by atoms with Crippen LogP contribution in [0.3, 0.4) is 0 Å². The summed E-state index contributed by atoms with van der Waals surface area (Å²) in [6.45, 7) is 2.32. The lowest BCUT2D eigenvalue weighted by Crippen LogP contribution is -2.45. The number of nitrogens with zero attached hydrogens (tertiary/aromatic N) is 1. The zero-order chi connectivity index (χ0) is 7.73. The molecule has 1 aliphatic heterocycles. The summed E-state index contributed by atoms with van der Waals surface area (Å²) in [5.74, 6) is 0. The molecule has 1 saturated heterocycles. The van der Waals surface area contributed by atoms with Crippen LogP contribution in [0.4, 0.5) is 0 Å². The summed E-state index contributed by atoms with van der Waals surface area (Å²) in [6.07, 6.45) is 7.15. The Bertz CT molecular complexity index is 138. The molecule has 0 radical (unpaired) electrons. The van der Waals surface area contributed by atoms with Crippen molar-refractivity contribution in [3.63, 3.8) is 0 Å². The van der Waals surface area contributed by atoms with E-state index in [2.05, 4.69) is 17.3 Å². The molecule has 2 rings (SSSR count). The van der Waals surface area contributed by atoms with Gasteiger partial charge in [0.25, 0.3) is 0 Å². The van der Waals surface area contributed by atoms with E-state index in [1.54, 1.807) is 0 Å². The minimum absolute atomic E-state index is 0.554. The highest BCUT2D eigenvalue weighted by atomic mass is 15.3. The Morgan fingerprint density at radius 3 is 2.45 bits per heavy atom. The Hall–Kier alpha value is -0.0800. The van der Waals surface area contributed by atoms with E-state index in [-0.39, 0.29) is 0 Å². The van der Waals surface area contributed by atoms with Crippen molar-refractivity contribution < 1.29 is 0 Å². The largest absolute Gasteiger partial charge is 0.302 e. The predicted molar refractivity (Wildman–Crippen MR) is 46.4 cm³/mol. The smallest absolute Gasteiger partial charge is 0.0483 e. The molecule has 1 N–H and O–H groups in total. The molecule has 11 heavy (non-hydrogen) atoms. The van der Waals surface area contributed by atoms with E-state index in [0.29, 0.717) is 5.54 Å². The zero-order valence-electron chi connectivity index (χ0n) is 7.40. The van der Waals surface area contributed by atoms with Crippen molar-refractivity contribution in [2.45, 2.75) is 37.6 Å². The molecule has 0 aromatic carbocycles. The Morgan fingerprint density at radius 2 is 1.91 bits per heavy atom. The van der Waals surface area contributed by atoms with Gasteiger partial charge in [-0.1, -0.05) is 19.3 Å². The number of hydrogen-bond acceptors (Lipinski definition) is 2. The van der Waals surface area contributed by atoms with Crippen LogP contribution in [-0.4, -0.2) is 30.7 Å². The third-order valence-electron chi connectivity index (χ3n) is 3.40. The van der Waals surface area contributed by atoms with E-state index in [9.17, 15) is 0 Å². The quantitative estimate of drug-likeness (QED) is 0.563. The number of hydrogen-bond donors (Lipinski definition) is 1. The molecule has 0 unspecified atom stereocenters. The average molecular weight is 154 g/mol. The maximum atomic E-state index is 3.46. The minimum Gasteiger partial charge on any atom is -0.302 e. The maximum Gasteiger partial charge on any atom is 0.0483 e. The third-order valence-corrected chi connectivity index (χ3v) is 3.40. The van der Waals surface area contributed by atoms with Crippen molar-refractivity contribution in [2.75, 3.05) is 20.3 Å². The first kappa shape index (κ1) is 7.56. The van der Waals surface area contributed by atoms with Gasteiger partial charge in [0.15, 0.2) is 0 Å². The van der Waals surface area contributed by atoms with Crippen LogP contribution in [0.25, 0.3) is 0 Å². The Morgan fingerprint density at radius 1 is 1.18 bits per heavy atom. The van der Waals surface area contributed by atoms with Crippen LogP contribution in [0.5, 0.6) is 0 Å². The van der Waals surface area contributed by atoms with Crippen molar-refractivity contribution in [3.05, 3.63) is 0 Å². The van der Waals surface area contributed by atoms with E-state index < -0.39 is 0 Å². The van der Waals surface area contributed by atoms with Crippen LogP contribution in [0.15, 0.2) is 0 Å². The summed E-state index contributed by atoms with van der Waals surface area (Å²) in [5, 5.41) is 3.46. The van der Waals surface area contributed by atoms with Crippen LogP contribution in [0, 0.1) is 0 Å². The second kappa shape index (κ2) is 2.76. The fourth-order valence-corrected chi connectivity index (χ4v) is 2.53. The molecule has 2 aliphatic rings. The molecule has 1 saturated carbocycles. The van der Waals surface area contributed by atoms with Gasteiger partial charge in [0.1, 0.15) is 0 Å². The summed E-state index contributed by atoms with van der Waals surface area (Å²) < 4.78 is 0. The molecule has 0 atom stereocenters. The van der Waals surface area contributed by atoms with Gasteiger partial charge < -0.3 is 5.32 Å². The van der Waals surface area contributed by atoms with E-state index in [0.717, 1.165) is 6.67 Å². The molecule has 0 bridgehead atoms. The summed E-state index contributed by atoms with van der Waals surface area (Å²) in [6, 6.07) is 0. The molecule has 0 aromatic rings. The summed E-state index contributed by atoms with van der Waals surface area (Å²) in [5.41, 5.74) is 0.554. The first-order valence-electron chi connectivity index (χ1n) is 4.75. The first-order chi connectivity index (χ1) is 5.33.